The van der Waals surface area contributed by atoms with Gasteiger partial charge in [-0.25, -0.2) is 4.79 Å². The molecule has 3 aromatic carbocycles. The van der Waals surface area contributed by atoms with E-state index in [4.69, 9.17) is 9.47 Å². The summed E-state index contributed by atoms with van der Waals surface area (Å²) in [4.78, 5) is 11.5. The lowest BCUT2D eigenvalue weighted by molar-refractivity contribution is 0.0600. The van der Waals surface area contributed by atoms with E-state index >= 15 is 0 Å². The van der Waals surface area contributed by atoms with Crippen molar-refractivity contribution >= 4 is 16.7 Å². The number of carbonyl (C=O) groups excluding carboxylic acids is 1. The van der Waals surface area contributed by atoms with E-state index in [9.17, 15) is 4.79 Å². The highest BCUT2D eigenvalue weighted by Crippen LogP contribution is 2.29. The van der Waals surface area contributed by atoms with Gasteiger partial charge in [-0.1, -0.05) is 42.5 Å². The lowest BCUT2D eigenvalue weighted by Crippen LogP contribution is -2.30. The van der Waals surface area contributed by atoms with E-state index in [1.807, 2.05) is 12.1 Å². The molecule has 0 aromatic heterocycles. The number of nitrogens with one attached hydrogen (secondary N) is 1. The molecule has 0 saturated heterocycles. The van der Waals surface area contributed by atoms with Crippen LogP contribution in [0.3, 0.4) is 0 Å². The molecule has 150 valence electrons. The maximum Gasteiger partial charge on any atom is 0.337 e. The minimum absolute atomic E-state index is 0.191. The van der Waals surface area contributed by atoms with Crippen LogP contribution in [-0.4, -0.2) is 25.2 Å². The van der Waals surface area contributed by atoms with Crippen molar-refractivity contribution in [2.45, 2.75) is 44.4 Å². The molecule has 29 heavy (non-hydrogen) atoms. The molecule has 1 aliphatic rings. The number of hydrogen-bond donors (Lipinski definition) is 1. The van der Waals surface area contributed by atoms with Crippen LogP contribution in [0.4, 0.5) is 0 Å². The molecule has 4 heteroatoms. The molecule has 1 fully saturated rings. The van der Waals surface area contributed by atoms with Gasteiger partial charge in [-0.3, -0.25) is 0 Å². The second-order valence-corrected chi connectivity index (χ2v) is 7.72. The first-order chi connectivity index (χ1) is 14.1. The number of ether oxygens (including phenoxy) is 2. The topological polar surface area (TPSA) is 47.6 Å². The van der Waals surface area contributed by atoms with Gasteiger partial charge in [-0.15, -0.1) is 0 Å². The van der Waals surface area contributed by atoms with Gasteiger partial charge in [-0.2, -0.15) is 0 Å². The van der Waals surface area contributed by atoms with Gasteiger partial charge < -0.3 is 14.8 Å². The van der Waals surface area contributed by atoms with Crippen molar-refractivity contribution < 1.29 is 14.3 Å². The van der Waals surface area contributed by atoms with Crippen LogP contribution in [0.25, 0.3) is 10.8 Å². The Morgan fingerprint density at radius 3 is 2.55 bits per heavy atom. The summed E-state index contributed by atoms with van der Waals surface area (Å²) in [6.07, 6.45) is 3.29. The van der Waals surface area contributed by atoms with Crippen molar-refractivity contribution in [3.8, 4) is 5.75 Å². The van der Waals surface area contributed by atoms with Gasteiger partial charge in [0.1, 0.15) is 11.9 Å². The van der Waals surface area contributed by atoms with Crippen LogP contribution in [0, 0.1) is 0 Å². The molecule has 0 aliphatic heterocycles. The summed E-state index contributed by atoms with van der Waals surface area (Å²) < 4.78 is 10.9. The van der Waals surface area contributed by atoms with Gasteiger partial charge in [0, 0.05) is 12.1 Å². The summed E-state index contributed by atoms with van der Waals surface area (Å²) in [5.74, 6) is 0.467. The summed E-state index contributed by atoms with van der Waals surface area (Å²) in [7, 11) is 1.39. The molecule has 0 heterocycles. The Labute approximate surface area is 171 Å². The number of carbonyl (C=O) groups is 1. The lowest BCUT2D eigenvalue weighted by Gasteiger charge is -2.21. The Bertz CT molecular complexity index is 978. The molecule has 0 amide bonds. The molecule has 3 aromatic rings. The van der Waals surface area contributed by atoms with E-state index in [0.717, 1.165) is 25.0 Å². The fraction of sp³-hybridized carbons (Fsp3) is 0.320. The van der Waals surface area contributed by atoms with Crippen molar-refractivity contribution in [3.63, 3.8) is 0 Å². The van der Waals surface area contributed by atoms with Gasteiger partial charge in [0.2, 0.25) is 0 Å². The first-order valence-electron chi connectivity index (χ1n) is 10.2. The largest absolute Gasteiger partial charge is 0.490 e. The van der Waals surface area contributed by atoms with Gasteiger partial charge in [0.15, 0.2) is 0 Å². The summed E-state index contributed by atoms with van der Waals surface area (Å²) in [5.41, 5.74) is 1.88. The number of rotatable bonds is 6. The number of hydrogen-bond acceptors (Lipinski definition) is 4. The van der Waals surface area contributed by atoms with Crippen molar-refractivity contribution in [2.75, 3.05) is 7.11 Å². The Morgan fingerprint density at radius 1 is 1.00 bits per heavy atom. The zero-order valence-electron chi connectivity index (χ0n) is 16.9. The third kappa shape index (κ3) is 4.43. The van der Waals surface area contributed by atoms with E-state index in [1.54, 1.807) is 12.1 Å². The number of methoxy groups -OCH3 is 1. The van der Waals surface area contributed by atoms with Crippen molar-refractivity contribution in [2.24, 2.45) is 0 Å². The monoisotopic (exact) mass is 389 g/mol. The van der Waals surface area contributed by atoms with Crippen LogP contribution < -0.4 is 10.1 Å². The van der Waals surface area contributed by atoms with E-state index in [1.165, 1.54) is 23.4 Å². The van der Waals surface area contributed by atoms with Crippen LogP contribution in [-0.2, 0) is 4.74 Å². The summed E-state index contributed by atoms with van der Waals surface area (Å²) in [6, 6.07) is 22.9. The summed E-state index contributed by atoms with van der Waals surface area (Å²) >= 11 is 0. The molecule has 3 atom stereocenters. The molecular formula is C25H27NO3. The molecule has 4 nitrogen and oxygen atoms in total. The fourth-order valence-corrected chi connectivity index (χ4v) is 4.25. The number of esters is 1. The number of fused-ring (bicyclic) bond motifs is 1. The van der Waals surface area contributed by atoms with Crippen LogP contribution >= 0.6 is 0 Å². The molecule has 0 radical (unpaired) electrons. The maximum atomic E-state index is 11.5. The molecule has 0 unspecified atom stereocenters. The summed E-state index contributed by atoms with van der Waals surface area (Å²) in [5, 5.41) is 6.38. The van der Waals surface area contributed by atoms with Gasteiger partial charge in [0.25, 0.3) is 0 Å². The van der Waals surface area contributed by atoms with Crippen molar-refractivity contribution in [1.29, 1.82) is 0 Å². The highest BCUT2D eigenvalue weighted by Gasteiger charge is 2.27. The average Bonchev–Trinajstić information content (AvgIpc) is 3.19. The molecule has 0 bridgehead atoms. The zero-order valence-corrected chi connectivity index (χ0v) is 16.9. The van der Waals surface area contributed by atoms with E-state index in [2.05, 4.69) is 54.7 Å². The van der Waals surface area contributed by atoms with Gasteiger partial charge >= 0.3 is 5.97 Å². The van der Waals surface area contributed by atoms with Crippen LogP contribution in [0.2, 0.25) is 0 Å². The Hall–Kier alpha value is -2.85. The summed E-state index contributed by atoms with van der Waals surface area (Å²) in [6.45, 7) is 2.24. The first-order valence-corrected chi connectivity index (χ1v) is 10.2. The van der Waals surface area contributed by atoms with E-state index in [-0.39, 0.29) is 18.1 Å². The molecular weight excluding hydrogens is 362 g/mol. The second-order valence-electron chi connectivity index (χ2n) is 7.72. The van der Waals surface area contributed by atoms with E-state index < -0.39 is 0 Å². The van der Waals surface area contributed by atoms with Crippen LogP contribution in [0.5, 0.6) is 5.75 Å². The van der Waals surface area contributed by atoms with E-state index in [0.29, 0.717) is 11.6 Å². The predicted molar refractivity (Wildman–Crippen MR) is 115 cm³/mol. The maximum absolute atomic E-state index is 11.5. The average molecular weight is 389 g/mol. The highest BCUT2D eigenvalue weighted by atomic mass is 16.5. The van der Waals surface area contributed by atoms with Crippen molar-refractivity contribution in [3.05, 3.63) is 77.9 Å². The fourth-order valence-electron chi connectivity index (χ4n) is 4.25. The standard InChI is InChI=1S/C25H27NO3/c1-17(23-9-5-7-18-6-3-4-8-24(18)23)26-20-12-15-22(16-20)29-21-13-10-19(11-14-21)25(27)28-2/h3-11,13-14,17,20,22,26H,12,15-16H2,1-2H3/t17-,20-,22-/m1/s1. The van der Waals surface area contributed by atoms with Gasteiger partial charge in [-0.05, 0) is 66.8 Å². The lowest BCUT2D eigenvalue weighted by atomic mass is 9.99. The normalized spacial score (nSPS) is 19.8. The predicted octanol–water partition coefficient (Wildman–Crippen LogP) is 5.28. The van der Waals surface area contributed by atoms with Crippen molar-refractivity contribution in [1.82, 2.24) is 5.32 Å². The zero-order chi connectivity index (χ0) is 20.2. The first kappa shape index (κ1) is 19.5. The second kappa shape index (κ2) is 8.66. The minimum Gasteiger partial charge on any atom is -0.490 e. The number of benzene rings is 3. The molecule has 0 spiro atoms. The van der Waals surface area contributed by atoms with Crippen LogP contribution in [0.15, 0.2) is 66.7 Å². The smallest absolute Gasteiger partial charge is 0.337 e. The third-order valence-corrected chi connectivity index (χ3v) is 5.74. The Kier molecular flexibility index (Phi) is 5.81. The third-order valence-electron chi connectivity index (χ3n) is 5.74. The Balaban J connectivity index is 1.35. The molecule has 4 rings (SSSR count). The molecule has 1 aliphatic carbocycles. The highest BCUT2D eigenvalue weighted by molar-refractivity contribution is 5.89. The van der Waals surface area contributed by atoms with Gasteiger partial charge in [0.05, 0.1) is 12.7 Å². The minimum atomic E-state index is -0.330. The quantitative estimate of drug-likeness (QED) is 0.583. The molecule has 1 saturated carbocycles. The molecule has 1 N–H and O–H groups in total. The van der Waals surface area contributed by atoms with Crippen LogP contribution in [0.1, 0.15) is 48.1 Å². The Morgan fingerprint density at radius 2 is 1.76 bits per heavy atom. The SMILES string of the molecule is COC(=O)c1ccc(O[C@@H]2CC[C@@H](N[C@H](C)c3cccc4ccccc34)C2)cc1.